The molecule has 2 aromatic rings. The topological polar surface area (TPSA) is 237 Å². The number of ether oxygens (including phenoxy) is 1. The van der Waals surface area contributed by atoms with Crippen molar-refractivity contribution in [1.82, 2.24) is 14.7 Å². The maximum atomic E-state index is 12.5. The normalized spacial score (nSPS) is 11.1. The van der Waals surface area contributed by atoms with Crippen LogP contribution in [0.4, 0.5) is 0 Å². The SMILES string of the molecule is CC(=O)c1cc(-c2ccccc2)ccc1OCC(CN(CCN(CC(=O)[O-])CC(=O)[O-])CC(=O)[O-])N(CC(=O)[O-])CC(=O)[O-].[Gd].[Gd].[Gd]. The number of carboxylic acid groups (broad SMARTS) is 5. The molecule has 1 unspecified atom stereocenters. The number of aliphatic carboxylic acids is 5. The molecule has 0 N–H and O–H groups in total. The van der Waals surface area contributed by atoms with E-state index in [0.717, 1.165) is 20.3 Å². The van der Waals surface area contributed by atoms with Gasteiger partial charge in [0.05, 0.1) is 41.5 Å². The van der Waals surface area contributed by atoms with Crippen LogP contribution in [0.15, 0.2) is 48.5 Å². The molecule has 0 fully saturated rings. The third-order valence-electron chi connectivity index (χ3n) is 6.34. The second-order valence-electron chi connectivity index (χ2n) is 9.81. The predicted octanol–water partition coefficient (Wildman–Crippen LogP) is -6.04. The Hall–Kier alpha value is -0.886. The van der Waals surface area contributed by atoms with Crippen LogP contribution in [0, 0.1) is 120 Å². The summed E-state index contributed by atoms with van der Waals surface area (Å²) >= 11 is 0. The first-order valence-electron chi connectivity index (χ1n) is 13.3. The number of ketones is 1. The molecule has 0 aliphatic rings. The van der Waals surface area contributed by atoms with E-state index in [-0.39, 0.29) is 157 Å². The number of rotatable bonds is 21. The van der Waals surface area contributed by atoms with Gasteiger partial charge in [0.1, 0.15) is 12.4 Å². The van der Waals surface area contributed by atoms with Gasteiger partial charge in [0, 0.05) is 172 Å². The van der Waals surface area contributed by atoms with Crippen molar-refractivity contribution in [2.24, 2.45) is 0 Å². The van der Waals surface area contributed by atoms with Crippen molar-refractivity contribution in [3.63, 3.8) is 0 Å². The quantitative estimate of drug-likeness (QED) is 0.106. The summed E-state index contributed by atoms with van der Waals surface area (Å²) in [5.41, 5.74) is 1.69. The summed E-state index contributed by atoms with van der Waals surface area (Å²) in [7, 11) is 0. The van der Waals surface area contributed by atoms with Crippen molar-refractivity contribution in [3.05, 3.63) is 54.1 Å². The predicted molar refractivity (Wildman–Crippen MR) is 141 cm³/mol. The van der Waals surface area contributed by atoms with E-state index in [1.54, 1.807) is 12.1 Å². The van der Waals surface area contributed by atoms with E-state index in [9.17, 15) is 54.3 Å². The minimum Gasteiger partial charge on any atom is -0.549 e. The molecule has 15 nitrogen and oxygen atoms in total. The Kier molecular flexibility index (Phi) is 25.8. The summed E-state index contributed by atoms with van der Waals surface area (Å²) in [6.07, 6.45) is 0. The number of hydrogen-bond donors (Lipinski definition) is 0. The van der Waals surface area contributed by atoms with Crippen molar-refractivity contribution < 1.29 is 179 Å². The second kappa shape index (κ2) is 25.1. The molecule has 0 amide bonds. The molecule has 1 atom stereocenters. The van der Waals surface area contributed by atoms with Crippen LogP contribution in [-0.2, 0) is 24.0 Å². The van der Waals surface area contributed by atoms with Gasteiger partial charge in [0.2, 0.25) is 0 Å². The molecule has 47 heavy (non-hydrogen) atoms. The number of hydrogen-bond acceptors (Lipinski definition) is 15. The number of nitrogens with zero attached hydrogens (tertiary/aromatic N) is 3. The van der Waals surface area contributed by atoms with Gasteiger partial charge >= 0.3 is 0 Å². The van der Waals surface area contributed by atoms with Gasteiger partial charge < -0.3 is 54.2 Å². The summed E-state index contributed by atoms with van der Waals surface area (Å²) < 4.78 is 5.87. The molecular formula is C29H30Gd3N3O12-5. The van der Waals surface area contributed by atoms with Gasteiger partial charge in [-0.1, -0.05) is 36.4 Å². The average molecular weight is 1080 g/mol. The summed E-state index contributed by atoms with van der Waals surface area (Å²) in [6, 6.07) is 12.7. The molecule has 262 valence electrons. The van der Waals surface area contributed by atoms with E-state index in [2.05, 4.69) is 0 Å². The van der Waals surface area contributed by atoms with E-state index < -0.39 is 75.2 Å². The van der Waals surface area contributed by atoms with Crippen LogP contribution >= 0.6 is 0 Å². The summed E-state index contributed by atoms with van der Waals surface area (Å²) in [5.74, 6) is -8.38. The Morgan fingerprint density at radius 1 is 0.638 bits per heavy atom. The van der Waals surface area contributed by atoms with E-state index in [1.807, 2.05) is 30.3 Å². The smallest absolute Gasteiger partial charge is 0.163 e. The number of carboxylic acids is 5. The van der Waals surface area contributed by atoms with Crippen LogP contribution in [0.1, 0.15) is 17.3 Å². The fraction of sp³-hybridized carbons (Fsp3) is 0.379. The molecule has 0 saturated heterocycles. The zero-order chi connectivity index (χ0) is 32.8. The van der Waals surface area contributed by atoms with E-state index in [4.69, 9.17) is 4.74 Å². The van der Waals surface area contributed by atoms with Crippen molar-refractivity contribution >= 4 is 35.6 Å². The van der Waals surface area contributed by atoms with Crippen LogP contribution in [0.25, 0.3) is 11.1 Å². The summed E-state index contributed by atoms with van der Waals surface area (Å²) in [5, 5.41) is 56.5. The molecule has 0 aromatic heterocycles. The van der Waals surface area contributed by atoms with Crippen LogP contribution < -0.4 is 30.3 Å². The van der Waals surface area contributed by atoms with Crippen molar-refractivity contribution in [2.45, 2.75) is 13.0 Å². The first-order chi connectivity index (χ1) is 20.7. The molecule has 0 spiro atoms. The Balaban J connectivity index is 0. The van der Waals surface area contributed by atoms with Crippen molar-refractivity contribution in [3.8, 4) is 16.9 Å². The standard InChI is InChI=1S/C29H35N3O12.3Gd/c1-19(33)23-11-21(20-5-3-2-4-6-20)7-8-24(23)44-18-22(32(16-28(40)41)17-29(42)43)12-30(13-25(34)35)9-10-31(14-26(36)37)15-27(38)39;;;/h2-8,11,22H,9-10,12-18H2,1H3,(H,34,35)(H,36,37)(H,38,39)(H,40,41)(H,42,43);;;/p-5. The fourth-order valence-corrected chi connectivity index (χ4v) is 4.42. The Morgan fingerprint density at radius 3 is 1.57 bits per heavy atom. The van der Waals surface area contributed by atoms with Gasteiger partial charge in [-0.05, 0) is 30.2 Å². The molecule has 0 radical (unpaired) electrons. The molecule has 0 heterocycles. The van der Waals surface area contributed by atoms with Gasteiger partial charge in [-0.3, -0.25) is 19.5 Å². The number of benzene rings is 2. The van der Waals surface area contributed by atoms with Gasteiger partial charge in [-0.15, -0.1) is 0 Å². The third kappa shape index (κ3) is 19.2. The van der Waals surface area contributed by atoms with Crippen LogP contribution in [0.3, 0.4) is 0 Å². The molecule has 0 bridgehead atoms. The summed E-state index contributed by atoms with van der Waals surface area (Å²) in [6.45, 7) is -4.35. The third-order valence-corrected chi connectivity index (χ3v) is 6.34. The maximum Gasteiger partial charge on any atom is 0.163 e. The molecule has 0 saturated carbocycles. The second-order valence-corrected chi connectivity index (χ2v) is 9.81. The average Bonchev–Trinajstić information content (AvgIpc) is 2.92. The monoisotopic (exact) mass is 1090 g/mol. The number of carbonyl (C=O) groups is 6. The van der Waals surface area contributed by atoms with Gasteiger partial charge in [-0.2, -0.15) is 0 Å². The first kappa shape index (κ1) is 48.2. The molecular weight excluding hydrogens is 1050 g/mol. The van der Waals surface area contributed by atoms with Gasteiger partial charge in [-0.25, -0.2) is 0 Å². The van der Waals surface area contributed by atoms with Gasteiger partial charge in [0.25, 0.3) is 0 Å². The number of Topliss-reactive ketones (excluding diaryl/α,β-unsaturated/α-hetero) is 1. The maximum absolute atomic E-state index is 12.5. The minimum absolute atomic E-state index is 0. The van der Waals surface area contributed by atoms with E-state index in [0.29, 0.717) is 5.56 Å². The van der Waals surface area contributed by atoms with E-state index in [1.165, 1.54) is 13.0 Å². The Bertz CT molecular complexity index is 1320. The summed E-state index contributed by atoms with van der Waals surface area (Å²) in [4.78, 5) is 71.9. The largest absolute Gasteiger partial charge is 0.549 e. The van der Waals surface area contributed by atoms with Crippen LogP contribution in [0.5, 0.6) is 5.75 Å². The first-order valence-corrected chi connectivity index (χ1v) is 13.3. The molecule has 2 rings (SSSR count). The van der Waals surface area contributed by atoms with Crippen molar-refractivity contribution in [2.75, 3.05) is 59.0 Å². The Labute approximate surface area is 367 Å². The molecule has 2 aromatic carbocycles. The molecule has 0 aliphatic carbocycles. The molecule has 0 aliphatic heterocycles. The van der Waals surface area contributed by atoms with Crippen LogP contribution in [-0.4, -0.2) is 115 Å². The van der Waals surface area contributed by atoms with Crippen LogP contribution in [0.2, 0.25) is 0 Å². The van der Waals surface area contributed by atoms with E-state index >= 15 is 0 Å². The van der Waals surface area contributed by atoms with Crippen molar-refractivity contribution in [1.29, 1.82) is 0 Å². The molecule has 18 heteroatoms. The Morgan fingerprint density at radius 2 is 1.11 bits per heavy atom. The minimum atomic E-state index is -1.66. The van der Waals surface area contributed by atoms with Gasteiger partial charge in [0.15, 0.2) is 5.78 Å². The fourth-order valence-electron chi connectivity index (χ4n) is 4.42. The zero-order valence-corrected chi connectivity index (χ0v) is 31.7. The number of carbonyl (C=O) groups excluding carboxylic acids is 6. The zero-order valence-electron chi connectivity index (χ0n) is 24.9.